The average Bonchev–Trinajstić information content (AvgIpc) is 2.84. The van der Waals surface area contributed by atoms with Gasteiger partial charge in [0.05, 0.1) is 22.8 Å². The Hall–Kier alpha value is -1.94. The predicted molar refractivity (Wildman–Crippen MR) is 84.3 cm³/mol. The van der Waals surface area contributed by atoms with E-state index in [9.17, 15) is 4.79 Å². The Bertz CT molecular complexity index is 649. The van der Waals surface area contributed by atoms with Crippen molar-refractivity contribution in [3.63, 3.8) is 0 Å². The van der Waals surface area contributed by atoms with Gasteiger partial charge in [-0.3, -0.25) is 4.79 Å². The van der Waals surface area contributed by atoms with Crippen molar-refractivity contribution in [2.75, 3.05) is 5.73 Å². The van der Waals surface area contributed by atoms with Gasteiger partial charge in [-0.2, -0.15) is 0 Å². The van der Waals surface area contributed by atoms with Gasteiger partial charge in [-0.05, 0) is 45.0 Å². The first-order valence-electron chi connectivity index (χ1n) is 6.80. The monoisotopic (exact) mass is 306 g/mol. The molecule has 1 aromatic heterocycles. The summed E-state index contributed by atoms with van der Waals surface area (Å²) in [6, 6.07) is 8.85. The summed E-state index contributed by atoms with van der Waals surface area (Å²) in [5, 5.41) is 0.387. The molecule has 2 N–H and O–H groups in total. The van der Waals surface area contributed by atoms with Crippen LogP contribution >= 0.6 is 11.6 Å². The third-order valence-corrected chi connectivity index (χ3v) is 3.62. The van der Waals surface area contributed by atoms with Crippen LogP contribution in [0.2, 0.25) is 5.02 Å². The fourth-order valence-corrected chi connectivity index (χ4v) is 2.28. The highest BCUT2D eigenvalue weighted by Crippen LogP contribution is 2.25. The van der Waals surface area contributed by atoms with Crippen LogP contribution in [0.1, 0.15) is 35.7 Å². The Balaban J connectivity index is 2.29. The van der Waals surface area contributed by atoms with Gasteiger partial charge in [-0.25, -0.2) is 0 Å². The number of nitrogens with zero attached hydrogens (tertiary/aromatic N) is 1. The second-order valence-electron chi connectivity index (χ2n) is 5.24. The minimum atomic E-state index is -0.154. The lowest BCUT2D eigenvalue weighted by atomic mass is 10.1. The van der Waals surface area contributed by atoms with Gasteiger partial charge in [0.15, 0.2) is 0 Å². The van der Waals surface area contributed by atoms with Gasteiger partial charge >= 0.3 is 0 Å². The third-order valence-electron chi connectivity index (χ3n) is 3.29. The molecule has 0 aliphatic carbocycles. The smallest absolute Gasteiger partial charge is 0.256 e. The number of furan rings is 1. The average molecular weight is 307 g/mol. The van der Waals surface area contributed by atoms with E-state index in [2.05, 4.69) is 0 Å². The topological polar surface area (TPSA) is 59.5 Å². The molecule has 0 aliphatic heterocycles. The Kier molecular flexibility index (Phi) is 4.58. The largest absolute Gasteiger partial charge is 0.464 e. The summed E-state index contributed by atoms with van der Waals surface area (Å²) >= 11 is 5.99. The van der Waals surface area contributed by atoms with Crippen LogP contribution < -0.4 is 5.73 Å². The quantitative estimate of drug-likeness (QED) is 0.872. The van der Waals surface area contributed by atoms with Crippen molar-refractivity contribution in [3.8, 4) is 0 Å². The Morgan fingerprint density at radius 2 is 2.05 bits per heavy atom. The highest BCUT2D eigenvalue weighted by Gasteiger charge is 2.22. The zero-order valence-electron chi connectivity index (χ0n) is 12.4. The second kappa shape index (κ2) is 6.22. The number of aryl methyl sites for hydroxylation is 1. The zero-order valence-corrected chi connectivity index (χ0v) is 13.1. The third kappa shape index (κ3) is 3.39. The van der Waals surface area contributed by atoms with Crippen LogP contribution in [0.3, 0.4) is 0 Å². The minimum absolute atomic E-state index is 0.0151. The molecule has 2 aromatic rings. The van der Waals surface area contributed by atoms with Crippen LogP contribution in [0.4, 0.5) is 5.69 Å². The van der Waals surface area contributed by atoms with Crippen molar-refractivity contribution >= 4 is 23.2 Å². The summed E-state index contributed by atoms with van der Waals surface area (Å²) in [6.45, 7) is 6.18. The molecule has 0 bridgehead atoms. The molecule has 0 fully saturated rings. The van der Waals surface area contributed by atoms with E-state index in [0.717, 1.165) is 11.5 Å². The second-order valence-corrected chi connectivity index (χ2v) is 5.65. The van der Waals surface area contributed by atoms with Crippen molar-refractivity contribution in [2.45, 2.75) is 33.4 Å². The maximum atomic E-state index is 12.7. The van der Waals surface area contributed by atoms with Crippen LogP contribution in [0, 0.1) is 6.92 Å². The van der Waals surface area contributed by atoms with Gasteiger partial charge in [0.2, 0.25) is 0 Å². The summed E-state index contributed by atoms with van der Waals surface area (Å²) in [6.07, 6.45) is 0. The summed E-state index contributed by atoms with van der Waals surface area (Å²) in [7, 11) is 0. The summed E-state index contributed by atoms with van der Waals surface area (Å²) in [4.78, 5) is 14.4. The molecule has 4 nitrogen and oxygen atoms in total. The van der Waals surface area contributed by atoms with Crippen LogP contribution in [-0.4, -0.2) is 16.8 Å². The maximum absolute atomic E-state index is 12.7. The Morgan fingerprint density at radius 3 is 2.62 bits per heavy atom. The van der Waals surface area contributed by atoms with E-state index in [1.165, 1.54) is 0 Å². The van der Waals surface area contributed by atoms with E-state index in [4.69, 9.17) is 21.8 Å². The number of halogens is 1. The molecule has 1 heterocycles. The number of carbonyl (C=O) groups excluding carboxylic acids is 1. The lowest BCUT2D eigenvalue weighted by Gasteiger charge is -2.26. The minimum Gasteiger partial charge on any atom is -0.464 e. The van der Waals surface area contributed by atoms with Gasteiger partial charge in [-0.15, -0.1) is 0 Å². The van der Waals surface area contributed by atoms with Crippen LogP contribution in [0.15, 0.2) is 34.7 Å². The Morgan fingerprint density at radius 1 is 1.33 bits per heavy atom. The molecule has 1 aromatic carbocycles. The van der Waals surface area contributed by atoms with Gasteiger partial charge < -0.3 is 15.1 Å². The van der Waals surface area contributed by atoms with E-state index in [1.807, 2.05) is 32.9 Å². The standard InChI is InChI=1S/C16H19ClN2O2/c1-10(2)19(9-12-8-7-11(3)21-12)16(20)13-5-4-6-14(17)15(13)18/h4-8,10H,9,18H2,1-3H3. The zero-order chi connectivity index (χ0) is 15.6. The van der Waals surface area contributed by atoms with Gasteiger partial charge in [0, 0.05) is 6.04 Å². The molecule has 0 aliphatic rings. The summed E-state index contributed by atoms with van der Waals surface area (Å²) in [5.41, 5.74) is 6.64. The van der Waals surface area contributed by atoms with Gasteiger partial charge in [-0.1, -0.05) is 17.7 Å². The van der Waals surface area contributed by atoms with Crippen molar-refractivity contribution in [2.24, 2.45) is 0 Å². The maximum Gasteiger partial charge on any atom is 0.256 e. The van der Waals surface area contributed by atoms with Crippen molar-refractivity contribution < 1.29 is 9.21 Å². The molecule has 0 saturated carbocycles. The van der Waals surface area contributed by atoms with E-state index in [1.54, 1.807) is 23.1 Å². The highest BCUT2D eigenvalue weighted by atomic mass is 35.5. The molecule has 21 heavy (non-hydrogen) atoms. The molecule has 1 amide bonds. The van der Waals surface area contributed by atoms with E-state index in [-0.39, 0.29) is 11.9 Å². The predicted octanol–water partition coefficient (Wildman–Crippen LogP) is 3.87. The number of nitrogen functional groups attached to an aromatic ring is 1. The normalized spacial score (nSPS) is 10.9. The van der Waals surface area contributed by atoms with Crippen molar-refractivity contribution in [1.82, 2.24) is 4.90 Å². The van der Waals surface area contributed by atoms with Crippen LogP contribution in [0.25, 0.3) is 0 Å². The lowest BCUT2D eigenvalue weighted by Crippen LogP contribution is -2.36. The number of anilines is 1. The first kappa shape index (κ1) is 15.4. The first-order chi connectivity index (χ1) is 9.90. The lowest BCUT2D eigenvalue weighted by molar-refractivity contribution is 0.0676. The summed E-state index contributed by atoms with van der Waals surface area (Å²) in [5.74, 6) is 1.41. The fourth-order valence-electron chi connectivity index (χ4n) is 2.11. The molecule has 0 saturated heterocycles. The van der Waals surface area contributed by atoms with Gasteiger partial charge in [0.25, 0.3) is 5.91 Å². The number of hydrogen-bond acceptors (Lipinski definition) is 3. The molecule has 112 valence electrons. The number of rotatable bonds is 4. The molecule has 0 radical (unpaired) electrons. The van der Waals surface area contributed by atoms with Crippen LogP contribution in [0.5, 0.6) is 0 Å². The Labute approximate surface area is 129 Å². The molecular weight excluding hydrogens is 288 g/mol. The van der Waals surface area contributed by atoms with E-state index >= 15 is 0 Å². The number of amides is 1. The molecule has 5 heteroatoms. The highest BCUT2D eigenvalue weighted by molar-refractivity contribution is 6.33. The first-order valence-corrected chi connectivity index (χ1v) is 7.18. The number of carbonyl (C=O) groups is 1. The fraction of sp³-hybridized carbons (Fsp3) is 0.312. The number of nitrogens with two attached hydrogens (primary N) is 1. The molecule has 0 unspecified atom stereocenters. The molecule has 2 rings (SSSR count). The van der Waals surface area contributed by atoms with Crippen molar-refractivity contribution in [3.05, 3.63) is 52.4 Å². The molecular formula is C16H19ClN2O2. The van der Waals surface area contributed by atoms with E-state index in [0.29, 0.717) is 22.8 Å². The molecule has 0 spiro atoms. The summed E-state index contributed by atoms with van der Waals surface area (Å²) < 4.78 is 5.55. The number of hydrogen-bond donors (Lipinski definition) is 1. The van der Waals surface area contributed by atoms with Crippen molar-refractivity contribution in [1.29, 1.82) is 0 Å². The van der Waals surface area contributed by atoms with Crippen LogP contribution in [-0.2, 0) is 6.54 Å². The number of benzene rings is 1. The number of para-hydroxylation sites is 1. The van der Waals surface area contributed by atoms with E-state index < -0.39 is 0 Å². The van der Waals surface area contributed by atoms with Gasteiger partial charge in [0.1, 0.15) is 11.5 Å². The molecule has 0 atom stereocenters. The SMILES string of the molecule is Cc1ccc(CN(C(=O)c2cccc(Cl)c2N)C(C)C)o1.